The van der Waals surface area contributed by atoms with Gasteiger partial charge in [0.15, 0.2) is 0 Å². The van der Waals surface area contributed by atoms with Crippen LogP contribution in [-0.2, 0) is 9.53 Å². The Balaban J connectivity index is 4.02. The lowest BCUT2D eigenvalue weighted by Gasteiger charge is -2.13. The molecule has 0 fully saturated rings. The molecular formula is C12H24N2O2S. The SMILES string of the molecule is CCCC(C)COC(=O)C(S)N=NC(C)(C)C. The molecule has 0 aliphatic carbocycles. The van der Waals surface area contributed by atoms with Crippen LogP contribution in [0, 0.1) is 5.92 Å². The fourth-order valence-corrected chi connectivity index (χ4v) is 1.28. The number of hydrogen-bond donors (Lipinski definition) is 1. The minimum Gasteiger partial charge on any atom is -0.463 e. The minimum atomic E-state index is -0.817. The van der Waals surface area contributed by atoms with E-state index in [0.29, 0.717) is 12.5 Å². The third-order valence-corrected chi connectivity index (χ3v) is 2.28. The van der Waals surface area contributed by atoms with Crippen molar-refractivity contribution in [2.24, 2.45) is 16.1 Å². The van der Waals surface area contributed by atoms with E-state index in [-0.39, 0.29) is 5.54 Å². The van der Waals surface area contributed by atoms with Crippen molar-refractivity contribution in [1.29, 1.82) is 0 Å². The smallest absolute Gasteiger partial charge is 0.343 e. The number of azo groups is 1. The molecule has 0 radical (unpaired) electrons. The highest BCUT2D eigenvalue weighted by atomic mass is 32.1. The number of hydrogen-bond acceptors (Lipinski definition) is 5. The Morgan fingerprint density at radius 2 is 2.00 bits per heavy atom. The van der Waals surface area contributed by atoms with E-state index in [0.717, 1.165) is 12.8 Å². The summed E-state index contributed by atoms with van der Waals surface area (Å²) in [5.74, 6) is -0.0478. The largest absolute Gasteiger partial charge is 0.463 e. The Hall–Kier alpha value is -0.580. The van der Waals surface area contributed by atoms with E-state index in [1.54, 1.807) is 0 Å². The summed E-state index contributed by atoms with van der Waals surface area (Å²) in [6.07, 6.45) is 2.14. The van der Waals surface area contributed by atoms with Crippen molar-refractivity contribution in [3.63, 3.8) is 0 Å². The molecule has 0 spiro atoms. The van der Waals surface area contributed by atoms with Gasteiger partial charge in [0.25, 0.3) is 0 Å². The lowest BCUT2D eigenvalue weighted by atomic mass is 10.1. The fraction of sp³-hybridized carbons (Fsp3) is 0.917. The first-order valence-electron chi connectivity index (χ1n) is 6.03. The molecule has 0 saturated heterocycles. The predicted molar refractivity (Wildman–Crippen MR) is 72.4 cm³/mol. The van der Waals surface area contributed by atoms with Gasteiger partial charge in [0.2, 0.25) is 5.37 Å². The number of thiol groups is 1. The second kappa shape index (κ2) is 7.69. The van der Waals surface area contributed by atoms with Crippen LogP contribution in [0.1, 0.15) is 47.5 Å². The maximum Gasteiger partial charge on any atom is 0.343 e. The van der Waals surface area contributed by atoms with Crippen LogP contribution in [-0.4, -0.2) is 23.5 Å². The molecule has 0 aromatic carbocycles. The van der Waals surface area contributed by atoms with Crippen molar-refractivity contribution in [3.8, 4) is 0 Å². The summed E-state index contributed by atoms with van der Waals surface area (Å²) in [6.45, 7) is 10.3. The van der Waals surface area contributed by atoms with Crippen molar-refractivity contribution in [3.05, 3.63) is 0 Å². The van der Waals surface area contributed by atoms with E-state index in [2.05, 4.69) is 36.7 Å². The maximum absolute atomic E-state index is 11.5. The molecule has 0 aliphatic heterocycles. The molecule has 2 atom stereocenters. The van der Waals surface area contributed by atoms with E-state index in [9.17, 15) is 4.79 Å². The summed E-state index contributed by atoms with van der Waals surface area (Å²) in [6, 6.07) is 0. The lowest BCUT2D eigenvalue weighted by molar-refractivity contribution is -0.144. The second-order valence-corrected chi connectivity index (χ2v) is 5.77. The van der Waals surface area contributed by atoms with Gasteiger partial charge in [-0.1, -0.05) is 20.3 Å². The molecule has 100 valence electrons. The highest BCUT2D eigenvalue weighted by Gasteiger charge is 2.17. The first kappa shape index (κ1) is 16.4. The lowest BCUT2D eigenvalue weighted by Crippen LogP contribution is -2.20. The van der Waals surface area contributed by atoms with Crippen molar-refractivity contribution in [2.75, 3.05) is 6.61 Å². The summed E-state index contributed by atoms with van der Waals surface area (Å²) in [4.78, 5) is 11.5. The minimum absolute atomic E-state index is 0.295. The second-order valence-electron chi connectivity index (χ2n) is 5.28. The highest BCUT2D eigenvalue weighted by Crippen LogP contribution is 2.12. The summed E-state index contributed by atoms with van der Waals surface area (Å²) in [7, 11) is 0. The van der Waals surface area contributed by atoms with Gasteiger partial charge >= 0.3 is 5.97 Å². The first-order valence-corrected chi connectivity index (χ1v) is 6.54. The van der Waals surface area contributed by atoms with E-state index in [4.69, 9.17) is 4.74 Å². The summed E-state index contributed by atoms with van der Waals surface area (Å²) < 4.78 is 5.11. The van der Waals surface area contributed by atoms with Crippen LogP contribution in [0.25, 0.3) is 0 Å². The van der Waals surface area contributed by atoms with Gasteiger partial charge in [0.05, 0.1) is 12.1 Å². The zero-order valence-corrected chi connectivity index (χ0v) is 12.3. The monoisotopic (exact) mass is 260 g/mol. The van der Waals surface area contributed by atoms with Crippen LogP contribution in [0.4, 0.5) is 0 Å². The van der Waals surface area contributed by atoms with E-state index in [1.807, 2.05) is 20.8 Å². The zero-order chi connectivity index (χ0) is 13.5. The average Bonchev–Trinajstić information content (AvgIpc) is 2.22. The van der Waals surface area contributed by atoms with Crippen LogP contribution >= 0.6 is 12.6 Å². The zero-order valence-electron chi connectivity index (χ0n) is 11.4. The quantitative estimate of drug-likeness (QED) is 0.451. The molecule has 0 aromatic rings. The number of nitrogens with zero attached hydrogens (tertiary/aromatic N) is 2. The number of carbonyl (C=O) groups is 1. The molecular weight excluding hydrogens is 236 g/mol. The molecule has 0 rings (SSSR count). The molecule has 0 aliphatic rings. The molecule has 0 heterocycles. The molecule has 0 aromatic heterocycles. The Labute approximate surface area is 110 Å². The Morgan fingerprint density at radius 1 is 1.41 bits per heavy atom. The fourth-order valence-electron chi connectivity index (χ4n) is 1.15. The summed E-state index contributed by atoms with van der Waals surface area (Å²) >= 11 is 4.06. The van der Waals surface area contributed by atoms with Crippen LogP contribution < -0.4 is 0 Å². The molecule has 2 unspecified atom stereocenters. The van der Waals surface area contributed by atoms with Crippen molar-refractivity contribution >= 4 is 18.6 Å². The third kappa shape index (κ3) is 9.15. The topological polar surface area (TPSA) is 51.0 Å². The van der Waals surface area contributed by atoms with E-state index < -0.39 is 11.3 Å². The molecule has 17 heavy (non-hydrogen) atoms. The normalized spacial score (nSPS) is 15.9. The molecule has 0 N–H and O–H groups in total. The van der Waals surface area contributed by atoms with Gasteiger partial charge in [-0.15, -0.1) is 12.6 Å². The van der Waals surface area contributed by atoms with Crippen LogP contribution in [0.5, 0.6) is 0 Å². The predicted octanol–water partition coefficient (Wildman–Crippen LogP) is 3.47. The summed E-state index contributed by atoms with van der Waals surface area (Å²) in [5, 5.41) is 7.01. The van der Waals surface area contributed by atoms with Crippen molar-refractivity contribution < 1.29 is 9.53 Å². The van der Waals surface area contributed by atoms with Crippen LogP contribution in [0.15, 0.2) is 10.2 Å². The highest BCUT2D eigenvalue weighted by molar-refractivity contribution is 7.81. The van der Waals surface area contributed by atoms with Crippen molar-refractivity contribution in [1.82, 2.24) is 0 Å². The van der Waals surface area contributed by atoms with Crippen LogP contribution in [0.2, 0.25) is 0 Å². The standard InChI is InChI=1S/C12H24N2O2S/c1-6-7-9(2)8-16-11(15)10(17)13-14-12(3,4)5/h9-10,17H,6-8H2,1-5H3. The van der Waals surface area contributed by atoms with Crippen molar-refractivity contribution in [2.45, 2.75) is 58.4 Å². The Bertz CT molecular complexity index is 262. The van der Waals surface area contributed by atoms with Gasteiger partial charge in [0, 0.05) is 0 Å². The number of rotatable bonds is 6. The first-order chi connectivity index (χ1) is 7.76. The average molecular weight is 260 g/mol. The van der Waals surface area contributed by atoms with Gasteiger partial charge < -0.3 is 4.74 Å². The van der Waals surface area contributed by atoms with Gasteiger partial charge in [0.1, 0.15) is 0 Å². The molecule has 0 bridgehead atoms. The number of esters is 1. The molecule has 4 nitrogen and oxygen atoms in total. The Morgan fingerprint density at radius 3 is 2.47 bits per heavy atom. The van der Waals surface area contributed by atoms with Gasteiger partial charge in [-0.2, -0.15) is 10.2 Å². The van der Waals surface area contributed by atoms with Gasteiger partial charge in [-0.05, 0) is 33.1 Å². The number of carbonyl (C=O) groups excluding carboxylic acids is 1. The Kier molecular flexibility index (Phi) is 7.43. The molecule has 5 heteroatoms. The summed E-state index contributed by atoms with van der Waals surface area (Å²) in [5.41, 5.74) is -0.295. The van der Waals surface area contributed by atoms with E-state index in [1.165, 1.54) is 0 Å². The maximum atomic E-state index is 11.5. The van der Waals surface area contributed by atoms with Crippen LogP contribution in [0.3, 0.4) is 0 Å². The van der Waals surface area contributed by atoms with Gasteiger partial charge in [-0.3, -0.25) is 0 Å². The number of ether oxygens (including phenoxy) is 1. The van der Waals surface area contributed by atoms with Gasteiger partial charge in [-0.25, -0.2) is 4.79 Å². The van der Waals surface area contributed by atoms with E-state index >= 15 is 0 Å². The molecule has 0 amide bonds. The molecule has 0 saturated carbocycles. The third-order valence-electron chi connectivity index (χ3n) is 1.97.